The predicted molar refractivity (Wildman–Crippen MR) is 149 cm³/mol. The number of nitrogens with zero attached hydrogens (tertiary/aromatic N) is 2. The fraction of sp³-hybridized carbons (Fsp3) is 0.462. The lowest BCUT2D eigenvalue weighted by molar-refractivity contribution is 0.203. The fourth-order valence-corrected chi connectivity index (χ4v) is 6.39. The summed E-state index contributed by atoms with van der Waals surface area (Å²) in [6.07, 6.45) is 1.97. The van der Waals surface area contributed by atoms with Crippen LogP contribution in [0.25, 0.3) is 32.6 Å². The number of nitrogens with two attached hydrogens (primary N) is 1. The number of nitrogens with one attached hydrogen (secondary N) is 2. The number of thiophene rings is 1. The standard InChI is InChI=1S/C26H35N5O2SSi/c1-26(2,3)35(4,5)33-12-11-31-9-6-16-14-19-20(15-17(16)7-10-31)29-24(28-19)21-22(27)23-18(8-13-34-23)30-25(21)32/h8,13-15H,6-7,9-12H2,1-5H3,(H,28,29)(H3,27,30,32). The summed E-state index contributed by atoms with van der Waals surface area (Å²) in [6.45, 7) is 15.3. The Balaban J connectivity index is 1.33. The molecule has 1 aliphatic rings. The molecule has 35 heavy (non-hydrogen) atoms. The summed E-state index contributed by atoms with van der Waals surface area (Å²) in [5, 5.41) is 2.17. The Morgan fingerprint density at radius 1 is 1.14 bits per heavy atom. The van der Waals surface area contributed by atoms with Crippen LogP contribution in [0.2, 0.25) is 18.1 Å². The average Bonchev–Trinajstić information content (AvgIpc) is 3.35. The van der Waals surface area contributed by atoms with Crippen molar-refractivity contribution < 1.29 is 4.43 Å². The zero-order chi connectivity index (χ0) is 25.0. The fourth-order valence-electron chi connectivity index (χ4n) is 4.54. The number of H-pyrrole nitrogens is 2. The molecule has 0 amide bonds. The first-order valence-electron chi connectivity index (χ1n) is 12.3. The van der Waals surface area contributed by atoms with Gasteiger partial charge in [-0.2, -0.15) is 0 Å². The van der Waals surface area contributed by atoms with Crippen molar-refractivity contribution in [3.63, 3.8) is 0 Å². The Kier molecular flexibility index (Phi) is 6.15. The molecule has 5 rings (SSSR count). The van der Waals surface area contributed by atoms with Gasteiger partial charge < -0.3 is 25.0 Å². The van der Waals surface area contributed by atoms with Gasteiger partial charge in [0.15, 0.2) is 8.32 Å². The minimum atomic E-state index is -1.71. The van der Waals surface area contributed by atoms with Crippen LogP contribution in [0.5, 0.6) is 0 Å². The van der Waals surface area contributed by atoms with E-state index < -0.39 is 8.32 Å². The highest BCUT2D eigenvalue weighted by Crippen LogP contribution is 2.36. The first kappa shape index (κ1) is 24.2. The van der Waals surface area contributed by atoms with Gasteiger partial charge in [0.2, 0.25) is 0 Å². The van der Waals surface area contributed by atoms with Crippen LogP contribution in [0.15, 0.2) is 28.4 Å². The molecule has 1 aliphatic heterocycles. The zero-order valence-corrected chi connectivity index (χ0v) is 23.1. The van der Waals surface area contributed by atoms with Crippen LogP contribution < -0.4 is 11.3 Å². The Labute approximate surface area is 210 Å². The number of hydrogen-bond acceptors (Lipinski definition) is 6. The zero-order valence-electron chi connectivity index (χ0n) is 21.2. The van der Waals surface area contributed by atoms with Gasteiger partial charge >= 0.3 is 0 Å². The van der Waals surface area contributed by atoms with Gasteiger partial charge in [0.25, 0.3) is 5.56 Å². The Morgan fingerprint density at radius 2 is 1.86 bits per heavy atom. The number of benzene rings is 1. The molecule has 7 nitrogen and oxygen atoms in total. The van der Waals surface area contributed by atoms with Gasteiger partial charge in [-0.1, -0.05) is 20.8 Å². The van der Waals surface area contributed by atoms with E-state index in [1.165, 1.54) is 22.5 Å². The van der Waals surface area contributed by atoms with Gasteiger partial charge in [-0.25, -0.2) is 4.98 Å². The van der Waals surface area contributed by atoms with Gasteiger partial charge in [0.1, 0.15) is 11.4 Å². The van der Waals surface area contributed by atoms with E-state index in [2.05, 4.69) is 60.9 Å². The lowest BCUT2D eigenvalue weighted by atomic mass is 10.0. The lowest BCUT2D eigenvalue weighted by Gasteiger charge is -2.36. The highest BCUT2D eigenvalue weighted by atomic mass is 32.1. The van der Waals surface area contributed by atoms with Gasteiger partial charge in [-0.3, -0.25) is 4.79 Å². The largest absolute Gasteiger partial charge is 0.416 e. The molecule has 0 spiro atoms. The predicted octanol–water partition coefficient (Wildman–Crippen LogP) is 5.14. The number of nitrogen functional groups attached to an aromatic ring is 1. The number of aromatic nitrogens is 3. The quantitative estimate of drug-likeness (QED) is 0.324. The molecule has 9 heteroatoms. The van der Waals surface area contributed by atoms with E-state index in [9.17, 15) is 4.79 Å². The minimum absolute atomic E-state index is 0.218. The van der Waals surface area contributed by atoms with Crippen LogP contribution in [-0.4, -0.2) is 54.4 Å². The van der Waals surface area contributed by atoms with Crippen molar-refractivity contribution in [2.24, 2.45) is 0 Å². The molecule has 0 fully saturated rings. The van der Waals surface area contributed by atoms with Gasteiger partial charge in [-0.05, 0) is 65.7 Å². The first-order valence-corrected chi connectivity index (χ1v) is 16.1. The third-order valence-corrected chi connectivity index (χ3v) is 13.3. The molecule has 0 aliphatic carbocycles. The SMILES string of the molecule is CC(C)(C)[Si](C)(C)OCCN1CCc2cc3nc(-c4c(N)c5sccc5[nH]c4=O)[nH]c3cc2CC1. The molecule has 0 saturated carbocycles. The van der Waals surface area contributed by atoms with Crippen molar-refractivity contribution in [3.8, 4) is 11.4 Å². The molecule has 0 saturated heterocycles. The Morgan fingerprint density at radius 3 is 2.57 bits per heavy atom. The van der Waals surface area contributed by atoms with E-state index >= 15 is 0 Å². The van der Waals surface area contributed by atoms with Crippen LogP contribution in [-0.2, 0) is 17.3 Å². The minimum Gasteiger partial charge on any atom is -0.416 e. The molecule has 186 valence electrons. The van der Waals surface area contributed by atoms with Crippen molar-refractivity contribution in [2.75, 3.05) is 32.0 Å². The molecule has 1 aromatic carbocycles. The molecule has 4 aromatic rings. The van der Waals surface area contributed by atoms with Crippen LogP contribution in [0.1, 0.15) is 31.9 Å². The van der Waals surface area contributed by atoms with E-state index in [1.807, 2.05) is 11.4 Å². The number of aromatic amines is 2. The highest BCUT2D eigenvalue weighted by molar-refractivity contribution is 7.17. The Bertz CT molecular complexity index is 1400. The number of anilines is 1. The van der Waals surface area contributed by atoms with Crippen molar-refractivity contribution in [2.45, 2.75) is 51.7 Å². The summed E-state index contributed by atoms with van der Waals surface area (Å²) in [4.78, 5) is 26.3. The van der Waals surface area contributed by atoms with E-state index in [-0.39, 0.29) is 10.6 Å². The van der Waals surface area contributed by atoms with Gasteiger partial charge in [0, 0.05) is 26.2 Å². The number of rotatable bonds is 5. The summed E-state index contributed by atoms with van der Waals surface area (Å²) in [7, 11) is -1.71. The normalized spacial score (nSPS) is 15.6. The first-order chi connectivity index (χ1) is 16.5. The van der Waals surface area contributed by atoms with Crippen LogP contribution >= 0.6 is 11.3 Å². The summed E-state index contributed by atoms with van der Waals surface area (Å²) >= 11 is 1.52. The van der Waals surface area contributed by atoms with E-state index in [0.717, 1.165) is 60.3 Å². The van der Waals surface area contributed by atoms with Crippen LogP contribution in [0.3, 0.4) is 0 Å². The molecule has 4 heterocycles. The molecular formula is C26H35N5O2SSi. The molecule has 0 bridgehead atoms. The monoisotopic (exact) mass is 509 g/mol. The maximum absolute atomic E-state index is 12.8. The third kappa shape index (κ3) is 4.58. The summed E-state index contributed by atoms with van der Waals surface area (Å²) in [5.74, 6) is 0.526. The van der Waals surface area contributed by atoms with E-state index in [0.29, 0.717) is 17.1 Å². The van der Waals surface area contributed by atoms with Gasteiger partial charge in [0.05, 0.1) is 26.9 Å². The number of imidazole rings is 1. The summed E-state index contributed by atoms with van der Waals surface area (Å²) in [6, 6.07) is 6.25. The van der Waals surface area contributed by atoms with Gasteiger partial charge in [-0.15, -0.1) is 11.3 Å². The average molecular weight is 510 g/mol. The maximum Gasteiger partial charge on any atom is 0.261 e. The van der Waals surface area contributed by atoms with Crippen molar-refractivity contribution in [3.05, 3.63) is 45.1 Å². The maximum atomic E-state index is 12.8. The topological polar surface area (TPSA) is 100 Å². The molecule has 0 radical (unpaired) electrons. The Hall–Kier alpha value is -2.46. The second-order valence-corrected chi connectivity index (χ2v) is 16.8. The molecule has 4 N–H and O–H groups in total. The smallest absolute Gasteiger partial charge is 0.261 e. The highest BCUT2D eigenvalue weighted by Gasteiger charge is 2.37. The molecule has 3 aromatic heterocycles. The second kappa shape index (κ2) is 8.88. The van der Waals surface area contributed by atoms with Crippen molar-refractivity contribution >= 4 is 46.6 Å². The van der Waals surface area contributed by atoms with Crippen LogP contribution in [0, 0.1) is 0 Å². The number of hydrogen-bond donors (Lipinski definition) is 3. The summed E-state index contributed by atoms with van der Waals surface area (Å²) < 4.78 is 7.29. The second-order valence-electron chi connectivity index (χ2n) is 11.1. The summed E-state index contributed by atoms with van der Waals surface area (Å²) in [5.41, 5.74) is 12.3. The third-order valence-electron chi connectivity index (χ3n) is 7.77. The number of fused-ring (bicyclic) bond motifs is 3. The number of pyridine rings is 1. The molecule has 0 unspecified atom stereocenters. The van der Waals surface area contributed by atoms with Crippen molar-refractivity contribution in [1.82, 2.24) is 19.9 Å². The van der Waals surface area contributed by atoms with E-state index in [4.69, 9.17) is 15.1 Å². The lowest BCUT2D eigenvalue weighted by Crippen LogP contribution is -2.43. The van der Waals surface area contributed by atoms with E-state index in [1.54, 1.807) is 0 Å². The molecular weight excluding hydrogens is 474 g/mol. The molecule has 0 atom stereocenters. The van der Waals surface area contributed by atoms with Crippen LogP contribution in [0.4, 0.5) is 5.69 Å². The van der Waals surface area contributed by atoms with Crippen molar-refractivity contribution in [1.29, 1.82) is 0 Å².